The fourth-order valence-electron chi connectivity index (χ4n) is 3.10. The Balaban J connectivity index is 1.83. The summed E-state index contributed by atoms with van der Waals surface area (Å²) < 4.78 is 10.9. The number of nitrogens with zero attached hydrogens (tertiary/aromatic N) is 3. The zero-order valence-electron chi connectivity index (χ0n) is 18.1. The van der Waals surface area contributed by atoms with Crippen molar-refractivity contribution in [1.82, 2.24) is 5.32 Å². The Labute approximate surface area is 178 Å². The van der Waals surface area contributed by atoms with Gasteiger partial charge in [-0.25, -0.2) is 0 Å². The van der Waals surface area contributed by atoms with Gasteiger partial charge in [0.25, 0.3) is 0 Å². The second kappa shape index (κ2) is 11.7. The quantitative estimate of drug-likeness (QED) is 0.248. The number of methoxy groups -OCH3 is 1. The Kier molecular flexibility index (Phi) is 9.03. The zero-order valence-corrected chi connectivity index (χ0v) is 18.1. The minimum absolute atomic E-state index is 0.0265. The highest BCUT2D eigenvalue weighted by atomic mass is 16.5. The summed E-state index contributed by atoms with van der Waals surface area (Å²) in [5.41, 5.74) is 13.0. The van der Waals surface area contributed by atoms with Gasteiger partial charge in [0.1, 0.15) is 0 Å². The number of hydrogen-bond acceptors (Lipinski definition) is 4. The SMILES string of the molecule is COc1cc(CC(=O)NCCC(C)c2ccc(C)c(C)c2)ccc1OCCN=[N+]=[N-]. The Morgan fingerprint density at radius 3 is 2.67 bits per heavy atom. The molecule has 2 rings (SSSR count). The summed E-state index contributed by atoms with van der Waals surface area (Å²) in [7, 11) is 1.55. The van der Waals surface area contributed by atoms with Gasteiger partial charge in [0, 0.05) is 11.5 Å². The van der Waals surface area contributed by atoms with Crippen molar-refractivity contribution < 1.29 is 14.3 Å². The van der Waals surface area contributed by atoms with E-state index in [-0.39, 0.29) is 25.5 Å². The summed E-state index contributed by atoms with van der Waals surface area (Å²) in [6.45, 7) is 7.55. The van der Waals surface area contributed by atoms with Crippen LogP contribution in [0.1, 0.15) is 41.5 Å². The average Bonchev–Trinajstić information content (AvgIpc) is 2.73. The molecule has 7 heteroatoms. The smallest absolute Gasteiger partial charge is 0.224 e. The standard InChI is InChI=1S/C23H30N4O3/c1-16-5-7-20(13-18(16)3)17(2)9-10-25-23(28)15-19-6-8-21(22(14-19)29-4)30-12-11-26-27-24/h5-8,13-14,17H,9-12,15H2,1-4H3,(H,25,28). The topological polar surface area (TPSA) is 96.3 Å². The van der Waals surface area contributed by atoms with Crippen molar-refractivity contribution in [1.29, 1.82) is 0 Å². The summed E-state index contributed by atoms with van der Waals surface area (Å²) >= 11 is 0. The summed E-state index contributed by atoms with van der Waals surface area (Å²) in [6.07, 6.45) is 1.16. The molecule has 0 aliphatic heterocycles. The van der Waals surface area contributed by atoms with Gasteiger partial charge in [-0.15, -0.1) is 0 Å². The van der Waals surface area contributed by atoms with Gasteiger partial charge < -0.3 is 14.8 Å². The number of benzene rings is 2. The minimum Gasteiger partial charge on any atom is -0.493 e. The van der Waals surface area contributed by atoms with Crippen molar-refractivity contribution in [3.05, 3.63) is 69.1 Å². The van der Waals surface area contributed by atoms with Gasteiger partial charge in [0.15, 0.2) is 11.5 Å². The molecule has 0 fully saturated rings. The molecule has 1 amide bonds. The Morgan fingerprint density at radius 1 is 1.17 bits per heavy atom. The number of carbonyl (C=O) groups excluding carboxylic acids is 1. The Hall–Kier alpha value is -3.18. The Morgan fingerprint density at radius 2 is 1.97 bits per heavy atom. The van der Waals surface area contributed by atoms with Crippen LogP contribution in [0.2, 0.25) is 0 Å². The summed E-state index contributed by atoms with van der Waals surface area (Å²) in [4.78, 5) is 15.0. The fourth-order valence-corrected chi connectivity index (χ4v) is 3.10. The van der Waals surface area contributed by atoms with Crippen LogP contribution < -0.4 is 14.8 Å². The third kappa shape index (κ3) is 7.01. The van der Waals surface area contributed by atoms with Crippen molar-refractivity contribution in [3.8, 4) is 11.5 Å². The number of carbonyl (C=O) groups is 1. The summed E-state index contributed by atoms with van der Waals surface area (Å²) in [6, 6.07) is 11.9. The molecular formula is C23H30N4O3. The predicted octanol–water partition coefficient (Wildman–Crippen LogP) is 4.85. The molecule has 160 valence electrons. The molecule has 0 radical (unpaired) electrons. The first kappa shape index (κ1) is 23.1. The highest BCUT2D eigenvalue weighted by Crippen LogP contribution is 2.28. The lowest BCUT2D eigenvalue weighted by molar-refractivity contribution is -0.120. The van der Waals surface area contributed by atoms with Crippen LogP contribution in [-0.4, -0.2) is 32.7 Å². The molecule has 0 bridgehead atoms. The largest absolute Gasteiger partial charge is 0.493 e. The second-order valence-corrected chi connectivity index (χ2v) is 7.35. The Bertz CT molecular complexity index is 907. The summed E-state index contributed by atoms with van der Waals surface area (Å²) in [5.74, 6) is 1.45. The lowest BCUT2D eigenvalue weighted by Crippen LogP contribution is -2.26. The number of ether oxygens (including phenoxy) is 2. The first-order valence-corrected chi connectivity index (χ1v) is 10.1. The van der Waals surface area contributed by atoms with Crippen LogP contribution >= 0.6 is 0 Å². The molecule has 0 aliphatic rings. The van der Waals surface area contributed by atoms with Gasteiger partial charge >= 0.3 is 0 Å². The van der Waals surface area contributed by atoms with Gasteiger partial charge in [0.2, 0.25) is 5.91 Å². The van der Waals surface area contributed by atoms with Crippen LogP contribution in [0.5, 0.6) is 11.5 Å². The maximum atomic E-state index is 12.3. The molecule has 2 aromatic carbocycles. The van der Waals surface area contributed by atoms with E-state index < -0.39 is 0 Å². The van der Waals surface area contributed by atoms with E-state index in [2.05, 4.69) is 54.3 Å². The van der Waals surface area contributed by atoms with E-state index in [0.29, 0.717) is 24.0 Å². The van der Waals surface area contributed by atoms with Crippen LogP contribution in [0.3, 0.4) is 0 Å². The number of azide groups is 1. The molecule has 0 aliphatic carbocycles. The lowest BCUT2D eigenvalue weighted by atomic mass is 9.94. The van der Waals surface area contributed by atoms with E-state index in [9.17, 15) is 4.79 Å². The molecular weight excluding hydrogens is 380 g/mol. The number of rotatable bonds is 11. The van der Waals surface area contributed by atoms with Gasteiger partial charge in [0.05, 0.1) is 26.7 Å². The van der Waals surface area contributed by atoms with Gasteiger partial charge in [-0.3, -0.25) is 4.79 Å². The van der Waals surface area contributed by atoms with E-state index in [1.54, 1.807) is 19.2 Å². The van der Waals surface area contributed by atoms with E-state index >= 15 is 0 Å². The third-order valence-corrected chi connectivity index (χ3v) is 5.10. The molecule has 0 saturated heterocycles. The molecule has 1 atom stereocenters. The van der Waals surface area contributed by atoms with Crippen molar-refractivity contribution in [2.24, 2.45) is 5.11 Å². The van der Waals surface area contributed by atoms with Crippen LogP contribution in [0, 0.1) is 13.8 Å². The number of hydrogen-bond donors (Lipinski definition) is 1. The maximum Gasteiger partial charge on any atom is 0.224 e. The molecule has 2 aromatic rings. The predicted molar refractivity (Wildman–Crippen MR) is 118 cm³/mol. The van der Waals surface area contributed by atoms with E-state index in [4.69, 9.17) is 15.0 Å². The lowest BCUT2D eigenvalue weighted by Gasteiger charge is -2.14. The molecule has 7 nitrogen and oxygen atoms in total. The van der Waals surface area contributed by atoms with Crippen LogP contribution in [0.15, 0.2) is 41.5 Å². The normalized spacial score (nSPS) is 11.3. The van der Waals surface area contributed by atoms with Crippen LogP contribution in [0.25, 0.3) is 10.4 Å². The van der Waals surface area contributed by atoms with E-state index in [0.717, 1.165) is 12.0 Å². The van der Waals surface area contributed by atoms with Gasteiger partial charge in [-0.2, -0.15) is 0 Å². The summed E-state index contributed by atoms with van der Waals surface area (Å²) in [5, 5.41) is 6.43. The van der Waals surface area contributed by atoms with Crippen LogP contribution in [0.4, 0.5) is 0 Å². The number of nitrogens with one attached hydrogen (secondary N) is 1. The molecule has 1 unspecified atom stereocenters. The van der Waals surface area contributed by atoms with Crippen molar-refractivity contribution in [3.63, 3.8) is 0 Å². The van der Waals surface area contributed by atoms with Gasteiger partial charge in [-0.05, 0) is 66.1 Å². The third-order valence-electron chi connectivity index (χ3n) is 5.10. The van der Waals surface area contributed by atoms with Crippen molar-refractivity contribution in [2.75, 3.05) is 26.8 Å². The number of amides is 1. The molecule has 0 spiro atoms. The minimum atomic E-state index is -0.0265. The van der Waals surface area contributed by atoms with Crippen molar-refractivity contribution in [2.45, 2.75) is 39.5 Å². The number of aryl methyl sites for hydroxylation is 2. The highest BCUT2D eigenvalue weighted by Gasteiger charge is 2.11. The van der Waals surface area contributed by atoms with Crippen molar-refractivity contribution >= 4 is 5.91 Å². The van der Waals surface area contributed by atoms with E-state index in [1.807, 2.05) is 6.07 Å². The van der Waals surface area contributed by atoms with Crippen LogP contribution in [-0.2, 0) is 11.2 Å². The molecule has 1 N–H and O–H groups in total. The first-order valence-electron chi connectivity index (χ1n) is 10.1. The van der Waals surface area contributed by atoms with E-state index in [1.165, 1.54) is 16.7 Å². The monoisotopic (exact) mass is 410 g/mol. The second-order valence-electron chi connectivity index (χ2n) is 7.35. The highest BCUT2D eigenvalue weighted by molar-refractivity contribution is 5.78. The molecule has 0 saturated carbocycles. The van der Waals surface area contributed by atoms with Gasteiger partial charge in [-0.1, -0.05) is 36.3 Å². The molecule has 30 heavy (non-hydrogen) atoms. The zero-order chi connectivity index (χ0) is 21.9. The fraction of sp³-hybridized carbons (Fsp3) is 0.435. The average molecular weight is 411 g/mol. The molecule has 0 aromatic heterocycles. The first-order chi connectivity index (χ1) is 14.4. The molecule has 0 heterocycles. The maximum absolute atomic E-state index is 12.3.